The van der Waals surface area contributed by atoms with E-state index in [-0.39, 0.29) is 11.6 Å². The molecule has 0 saturated carbocycles. The third-order valence-corrected chi connectivity index (χ3v) is 6.02. The van der Waals surface area contributed by atoms with Crippen LogP contribution in [0.1, 0.15) is 44.4 Å². The van der Waals surface area contributed by atoms with Gasteiger partial charge in [0.25, 0.3) is 0 Å². The minimum absolute atomic E-state index is 0.254. The lowest BCUT2D eigenvalue weighted by atomic mass is 9.97. The molecule has 0 spiro atoms. The minimum atomic E-state index is -0.361. The quantitative estimate of drug-likeness (QED) is 0.874. The lowest BCUT2D eigenvalue weighted by Crippen LogP contribution is -2.45. The van der Waals surface area contributed by atoms with E-state index in [0.717, 1.165) is 67.2 Å². The maximum absolute atomic E-state index is 14.4. The van der Waals surface area contributed by atoms with Gasteiger partial charge in [-0.15, -0.1) is 0 Å². The molecule has 1 aromatic carbocycles. The second-order valence-electron chi connectivity index (χ2n) is 7.93. The van der Waals surface area contributed by atoms with Gasteiger partial charge in [-0.25, -0.2) is 14.4 Å². The van der Waals surface area contributed by atoms with E-state index in [0.29, 0.717) is 12.1 Å². The molecule has 28 heavy (non-hydrogen) atoms. The van der Waals surface area contributed by atoms with Crippen molar-refractivity contribution in [1.29, 1.82) is 0 Å². The van der Waals surface area contributed by atoms with E-state index in [1.165, 1.54) is 19.6 Å². The Morgan fingerprint density at radius 1 is 1.11 bits per heavy atom. The highest BCUT2D eigenvalue weighted by Gasteiger charge is 2.29. The molecule has 0 aliphatic carbocycles. The van der Waals surface area contributed by atoms with Crippen molar-refractivity contribution in [3.05, 3.63) is 35.3 Å². The topological polar surface area (TPSA) is 50.3 Å². The molecule has 1 aromatic heterocycles. The van der Waals surface area contributed by atoms with Gasteiger partial charge in [-0.1, -0.05) is 0 Å². The number of hydrogen-bond donors (Lipinski definition) is 1. The van der Waals surface area contributed by atoms with Gasteiger partial charge in [-0.2, -0.15) is 0 Å². The first-order valence-electron chi connectivity index (χ1n) is 10.3. The molecule has 2 aliphatic rings. The molecule has 0 bridgehead atoms. The molecule has 150 valence electrons. The van der Waals surface area contributed by atoms with Crippen LogP contribution in [0.3, 0.4) is 0 Å². The van der Waals surface area contributed by atoms with Gasteiger partial charge in [0.1, 0.15) is 0 Å². The second-order valence-corrected chi connectivity index (χ2v) is 7.93. The molecule has 2 atom stereocenters. The number of piperidine rings is 1. The number of nitrogens with zero attached hydrogens (tertiary/aromatic N) is 3. The van der Waals surface area contributed by atoms with Crippen molar-refractivity contribution < 1.29 is 9.13 Å². The standard InChI is InChI=1S/C22H29FN4O/c1-14-5-4-6-15(2)27(14)22-25-19-10-12-24-11-9-17(19)21(26-22)16-7-8-20(28-3)18(23)13-16/h7-8,13-15,24H,4-6,9-12H2,1-3H3/t14-,15+. The summed E-state index contributed by atoms with van der Waals surface area (Å²) in [5, 5.41) is 3.44. The Morgan fingerprint density at radius 3 is 2.57 bits per heavy atom. The van der Waals surface area contributed by atoms with Crippen LogP contribution in [-0.2, 0) is 12.8 Å². The summed E-state index contributed by atoms with van der Waals surface area (Å²) >= 11 is 0. The first-order valence-corrected chi connectivity index (χ1v) is 10.3. The summed E-state index contributed by atoms with van der Waals surface area (Å²) in [6.45, 7) is 6.29. The van der Waals surface area contributed by atoms with E-state index >= 15 is 0 Å². The summed E-state index contributed by atoms with van der Waals surface area (Å²) in [4.78, 5) is 12.3. The predicted octanol–water partition coefficient (Wildman–Crippen LogP) is 3.75. The van der Waals surface area contributed by atoms with Crippen molar-refractivity contribution in [2.45, 2.75) is 58.0 Å². The molecule has 5 nitrogen and oxygen atoms in total. The van der Waals surface area contributed by atoms with Crippen LogP contribution in [0.2, 0.25) is 0 Å². The Balaban J connectivity index is 1.85. The molecule has 0 amide bonds. The third-order valence-electron chi connectivity index (χ3n) is 6.02. The first kappa shape index (κ1) is 19.1. The van der Waals surface area contributed by atoms with Gasteiger partial charge in [0.05, 0.1) is 18.5 Å². The number of methoxy groups -OCH3 is 1. The number of hydrogen-bond acceptors (Lipinski definition) is 5. The lowest BCUT2D eigenvalue weighted by Gasteiger charge is -2.39. The Morgan fingerprint density at radius 2 is 1.86 bits per heavy atom. The van der Waals surface area contributed by atoms with Crippen molar-refractivity contribution in [1.82, 2.24) is 15.3 Å². The van der Waals surface area contributed by atoms with Gasteiger partial charge in [-0.3, -0.25) is 0 Å². The van der Waals surface area contributed by atoms with Gasteiger partial charge >= 0.3 is 0 Å². The van der Waals surface area contributed by atoms with Gasteiger partial charge in [0.15, 0.2) is 11.6 Å². The van der Waals surface area contributed by atoms with E-state index < -0.39 is 0 Å². The highest BCUT2D eigenvalue weighted by molar-refractivity contribution is 5.67. The monoisotopic (exact) mass is 384 g/mol. The van der Waals surface area contributed by atoms with Crippen molar-refractivity contribution in [3.8, 4) is 17.0 Å². The zero-order valence-corrected chi connectivity index (χ0v) is 17.0. The molecular weight excluding hydrogens is 355 g/mol. The number of aromatic nitrogens is 2. The SMILES string of the molecule is COc1ccc(-c2nc(N3[C@H](C)CCC[C@@H]3C)nc3c2CCNCC3)cc1F. The third kappa shape index (κ3) is 3.58. The van der Waals surface area contributed by atoms with Crippen LogP contribution >= 0.6 is 0 Å². The molecule has 6 heteroatoms. The number of fused-ring (bicyclic) bond motifs is 1. The summed E-state index contributed by atoms with van der Waals surface area (Å²) in [5.41, 5.74) is 3.87. The van der Waals surface area contributed by atoms with Crippen molar-refractivity contribution in [2.24, 2.45) is 0 Å². The Kier molecular flexibility index (Phi) is 5.49. The van der Waals surface area contributed by atoms with E-state index in [2.05, 4.69) is 24.1 Å². The molecule has 1 fully saturated rings. The largest absolute Gasteiger partial charge is 0.494 e. The molecule has 0 unspecified atom stereocenters. The van der Waals surface area contributed by atoms with Crippen LogP contribution in [0, 0.1) is 5.82 Å². The minimum Gasteiger partial charge on any atom is -0.494 e. The summed E-state index contributed by atoms with van der Waals surface area (Å²) in [6.07, 6.45) is 5.26. The van der Waals surface area contributed by atoms with Crippen molar-refractivity contribution in [2.75, 3.05) is 25.1 Å². The van der Waals surface area contributed by atoms with Gasteiger partial charge in [0, 0.05) is 36.2 Å². The van der Waals surface area contributed by atoms with E-state index in [4.69, 9.17) is 14.7 Å². The maximum atomic E-state index is 14.4. The predicted molar refractivity (Wildman–Crippen MR) is 110 cm³/mol. The van der Waals surface area contributed by atoms with Gasteiger partial charge < -0.3 is 15.0 Å². The van der Waals surface area contributed by atoms with Crippen LogP contribution in [0.5, 0.6) is 5.75 Å². The zero-order valence-electron chi connectivity index (χ0n) is 17.0. The number of rotatable bonds is 3. The van der Waals surface area contributed by atoms with Crippen LogP contribution in [0.4, 0.5) is 10.3 Å². The fraction of sp³-hybridized carbons (Fsp3) is 0.545. The van der Waals surface area contributed by atoms with Crippen LogP contribution in [-0.4, -0.2) is 42.3 Å². The smallest absolute Gasteiger partial charge is 0.226 e. The fourth-order valence-electron chi connectivity index (χ4n) is 4.52. The number of anilines is 1. The number of nitrogens with one attached hydrogen (secondary N) is 1. The average molecular weight is 384 g/mol. The summed E-state index contributed by atoms with van der Waals surface area (Å²) < 4.78 is 19.5. The molecule has 1 N–H and O–H groups in total. The summed E-state index contributed by atoms with van der Waals surface area (Å²) in [7, 11) is 1.48. The Bertz CT molecular complexity index is 847. The normalized spacial score (nSPS) is 22.5. The van der Waals surface area contributed by atoms with Crippen LogP contribution < -0.4 is 15.0 Å². The summed E-state index contributed by atoms with van der Waals surface area (Å²) in [5.74, 6) is 0.677. The number of ether oxygens (including phenoxy) is 1. The Labute approximate surface area is 166 Å². The summed E-state index contributed by atoms with van der Waals surface area (Å²) in [6, 6.07) is 5.93. The van der Waals surface area contributed by atoms with Gasteiger partial charge in [0.2, 0.25) is 5.95 Å². The highest BCUT2D eigenvalue weighted by atomic mass is 19.1. The second kappa shape index (κ2) is 8.03. The number of benzene rings is 1. The molecular formula is C22H29FN4O. The van der Waals surface area contributed by atoms with E-state index in [9.17, 15) is 4.39 Å². The number of halogens is 1. The molecule has 0 radical (unpaired) electrons. The molecule has 2 aromatic rings. The van der Waals surface area contributed by atoms with E-state index in [1.54, 1.807) is 6.07 Å². The molecule has 4 rings (SSSR count). The highest BCUT2D eigenvalue weighted by Crippen LogP contribution is 2.33. The van der Waals surface area contributed by atoms with Crippen molar-refractivity contribution >= 4 is 5.95 Å². The van der Waals surface area contributed by atoms with Crippen LogP contribution in [0.15, 0.2) is 18.2 Å². The molecule has 3 heterocycles. The maximum Gasteiger partial charge on any atom is 0.226 e. The fourth-order valence-corrected chi connectivity index (χ4v) is 4.52. The Hall–Kier alpha value is -2.21. The van der Waals surface area contributed by atoms with Crippen molar-refractivity contribution in [3.63, 3.8) is 0 Å². The van der Waals surface area contributed by atoms with E-state index in [1.807, 2.05) is 6.07 Å². The molecule has 2 aliphatic heterocycles. The zero-order chi connectivity index (χ0) is 19.7. The molecule has 1 saturated heterocycles. The average Bonchev–Trinajstić information content (AvgIpc) is 2.92. The van der Waals surface area contributed by atoms with Crippen LogP contribution in [0.25, 0.3) is 11.3 Å². The first-order chi connectivity index (χ1) is 13.6. The van der Waals surface area contributed by atoms with Gasteiger partial charge in [-0.05, 0) is 64.3 Å². The lowest BCUT2D eigenvalue weighted by molar-refractivity contribution is 0.386.